The van der Waals surface area contributed by atoms with Crippen LogP contribution in [0.15, 0.2) is 66.7 Å². The van der Waals surface area contributed by atoms with Crippen LogP contribution in [0, 0.1) is 5.82 Å². The minimum Gasteiger partial charge on any atom is -0.497 e. The van der Waals surface area contributed by atoms with Crippen LogP contribution in [0.25, 0.3) is 0 Å². The minimum absolute atomic E-state index is 0.107. The molecule has 0 saturated carbocycles. The molecule has 0 bridgehead atoms. The Hall–Kier alpha value is -4.61. The van der Waals surface area contributed by atoms with Gasteiger partial charge in [-0.05, 0) is 54.4 Å². The molecule has 1 fully saturated rings. The molecule has 1 N–H and O–H groups in total. The molecular weight excluding hydrogens is 546 g/mol. The van der Waals surface area contributed by atoms with Gasteiger partial charge in [0.05, 0.1) is 31.5 Å². The van der Waals surface area contributed by atoms with Crippen LogP contribution in [0.2, 0.25) is 0 Å². The summed E-state index contributed by atoms with van der Waals surface area (Å²) in [5.41, 5.74) is -3.59. The molecule has 0 spiro atoms. The highest BCUT2D eigenvalue weighted by molar-refractivity contribution is 5.98. The van der Waals surface area contributed by atoms with E-state index in [2.05, 4.69) is 5.32 Å². The van der Waals surface area contributed by atoms with Crippen LogP contribution in [0.5, 0.6) is 5.75 Å². The first-order valence-corrected chi connectivity index (χ1v) is 12.7. The Balaban J connectivity index is 1.59. The summed E-state index contributed by atoms with van der Waals surface area (Å²) in [5.74, 6) is -1.74. The topological polar surface area (TPSA) is 88.2 Å². The summed E-state index contributed by atoms with van der Waals surface area (Å²) < 4.78 is 69.5. The van der Waals surface area contributed by atoms with Gasteiger partial charge in [-0.25, -0.2) is 9.18 Å². The monoisotopic (exact) mass is 571 g/mol. The first-order chi connectivity index (χ1) is 19.5. The van der Waals surface area contributed by atoms with E-state index in [0.29, 0.717) is 24.3 Å². The summed E-state index contributed by atoms with van der Waals surface area (Å²) in [6, 6.07) is 15.4. The predicted octanol–water partition coefficient (Wildman–Crippen LogP) is 5.31. The lowest BCUT2D eigenvalue weighted by molar-refractivity contribution is -0.262. The number of nitrogens with zero attached hydrogens (tertiary/aromatic N) is 2. The Morgan fingerprint density at radius 2 is 1.80 bits per heavy atom. The number of halogens is 4. The second-order valence-electron chi connectivity index (χ2n) is 9.64. The third kappa shape index (κ3) is 5.17. The Kier molecular flexibility index (Phi) is 7.33. The number of benzene rings is 3. The fourth-order valence-corrected chi connectivity index (χ4v) is 4.98. The summed E-state index contributed by atoms with van der Waals surface area (Å²) in [6.45, 7) is -1.04. The van der Waals surface area contributed by atoms with Gasteiger partial charge in [-0.1, -0.05) is 24.3 Å². The molecule has 2 aliphatic rings. The molecule has 3 amide bonds. The van der Waals surface area contributed by atoms with Gasteiger partial charge in [0.1, 0.15) is 11.6 Å². The van der Waals surface area contributed by atoms with Crippen molar-refractivity contribution in [1.82, 2.24) is 5.32 Å². The summed E-state index contributed by atoms with van der Waals surface area (Å²) in [6.07, 6.45) is -5.72. The molecule has 0 radical (unpaired) electrons. The van der Waals surface area contributed by atoms with Gasteiger partial charge in [0, 0.05) is 24.2 Å². The molecule has 1 atom stereocenters. The van der Waals surface area contributed by atoms with Gasteiger partial charge in [0.2, 0.25) is 5.91 Å². The van der Waals surface area contributed by atoms with Crippen LogP contribution in [-0.4, -0.2) is 44.3 Å². The molecule has 3 aromatic rings. The number of fused-ring (bicyclic) bond motifs is 1. The standard InChI is InChI=1S/C29H25F4N3O5/c1-40-20-11-8-18(9-12-20)16-36-24-13-10-19(35-14-4-7-25(35)37)15-22(24)28(29(31,32)33,41-27(36)39)17-34-26(38)21-5-2-3-6-23(21)30/h2-3,5-6,8-13,15H,4,7,14,16-17H2,1H3,(H,34,38). The molecule has 214 valence electrons. The van der Waals surface area contributed by atoms with Gasteiger partial charge in [-0.15, -0.1) is 0 Å². The number of alkyl halides is 3. The van der Waals surface area contributed by atoms with E-state index in [1.54, 1.807) is 24.3 Å². The zero-order valence-corrected chi connectivity index (χ0v) is 21.8. The number of rotatable bonds is 7. The number of methoxy groups -OCH3 is 1. The van der Waals surface area contributed by atoms with E-state index in [0.717, 1.165) is 23.1 Å². The molecule has 0 aromatic heterocycles. The number of cyclic esters (lactones) is 1. The van der Waals surface area contributed by atoms with Crippen LogP contribution in [0.1, 0.15) is 34.3 Å². The van der Waals surface area contributed by atoms with Gasteiger partial charge in [0.25, 0.3) is 11.5 Å². The number of hydrogen-bond donors (Lipinski definition) is 1. The van der Waals surface area contributed by atoms with Crippen LogP contribution >= 0.6 is 0 Å². The van der Waals surface area contributed by atoms with Gasteiger partial charge >= 0.3 is 12.3 Å². The van der Waals surface area contributed by atoms with E-state index < -0.39 is 47.3 Å². The molecule has 41 heavy (non-hydrogen) atoms. The zero-order chi connectivity index (χ0) is 29.4. The normalized spacial score (nSPS) is 18.7. The second-order valence-corrected chi connectivity index (χ2v) is 9.64. The largest absolute Gasteiger partial charge is 0.497 e. The lowest BCUT2D eigenvalue weighted by atomic mass is 9.88. The fraction of sp³-hybridized carbons (Fsp3) is 0.276. The highest BCUT2D eigenvalue weighted by Crippen LogP contribution is 2.50. The molecule has 3 aromatic carbocycles. The molecule has 5 rings (SSSR count). The van der Waals surface area contributed by atoms with Crippen LogP contribution in [0.4, 0.5) is 33.7 Å². The maximum absolute atomic E-state index is 15.0. The van der Waals surface area contributed by atoms with Gasteiger partial charge in [0.15, 0.2) is 0 Å². The van der Waals surface area contributed by atoms with Crippen LogP contribution < -0.4 is 19.9 Å². The first kappa shape index (κ1) is 27.9. The van der Waals surface area contributed by atoms with Crippen molar-refractivity contribution in [2.45, 2.75) is 31.2 Å². The molecule has 12 heteroatoms. The smallest absolute Gasteiger partial charge is 0.434 e. The van der Waals surface area contributed by atoms with Crippen molar-refractivity contribution in [3.63, 3.8) is 0 Å². The van der Waals surface area contributed by atoms with E-state index in [4.69, 9.17) is 9.47 Å². The van der Waals surface area contributed by atoms with Crippen molar-refractivity contribution in [1.29, 1.82) is 0 Å². The fourth-order valence-electron chi connectivity index (χ4n) is 4.98. The number of nitrogens with one attached hydrogen (secondary N) is 1. The maximum atomic E-state index is 15.0. The number of carbonyl (C=O) groups excluding carboxylic acids is 3. The molecule has 1 saturated heterocycles. The van der Waals surface area contributed by atoms with Crippen molar-refractivity contribution in [3.8, 4) is 5.75 Å². The average Bonchev–Trinajstić information content (AvgIpc) is 3.38. The number of hydrogen-bond acceptors (Lipinski definition) is 5. The number of ether oxygens (including phenoxy) is 2. The summed E-state index contributed by atoms with van der Waals surface area (Å²) in [4.78, 5) is 40.8. The molecule has 2 aliphatic heterocycles. The van der Waals surface area contributed by atoms with Gasteiger partial charge in [-0.3, -0.25) is 14.5 Å². The molecule has 2 heterocycles. The molecular formula is C29H25F4N3O5. The Morgan fingerprint density at radius 3 is 2.44 bits per heavy atom. The molecule has 1 unspecified atom stereocenters. The van der Waals surface area contributed by atoms with Crippen LogP contribution in [-0.2, 0) is 21.7 Å². The van der Waals surface area contributed by atoms with E-state index in [1.807, 2.05) is 0 Å². The lowest BCUT2D eigenvalue weighted by Crippen LogP contribution is -2.58. The van der Waals surface area contributed by atoms with E-state index >= 15 is 0 Å². The Morgan fingerprint density at radius 1 is 1.07 bits per heavy atom. The third-order valence-corrected chi connectivity index (χ3v) is 7.15. The second kappa shape index (κ2) is 10.8. The maximum Gasteiger partial charge on any atom is 0.434 e. The highest BCUT2D eigenvalue weighted by Gasteiger charge is 2.63. The lowest BCUT2D eigenvalue weighted by Gasteiger charge is -2.43. The minimum atomic E-state index is -5.21. The van der Waals surface area contributed by atoms with Crippen molar-refractivity contribution in [3.05, 3.63) is 89.2 Å². The molecule has 0 aliphatic carbocycles. The quantitative estimate of drug-likeness (QED) is 0.389. The third-order valence-electron chi connectivity index (χ3n) is 7.15. The van der Waals surface area contributed by atoms with Crippen molar-refractivity contribution >= 4 is 29.3 Å². The van der Waals surface area contributed by atoms with Crippen molar-refractivity contribution in [2.24, 2.45) is 0 Å². The van der Waals surface area contributed by atoms with Gasteiger partial charge < -0.3 is 19.7 Å². The molecule has 8 nitrogen and oxygen atoms in total. The van der Waals surface area contributed by atoms with Crippen molar-refractivity contribution in [2.75, 3.05) is 30.0 Å². The van der Waals surface area contributed by atoms with E-state index in [1.165, 1.54) is 36.3 Å². The number of carbonyl (C=O) groups is 3. The van der Waals surface area contributed by atoms with Crippen LogP contribution in [0.3, 0.4) is 0 Å². The summed E-state index contributed by atoms with van der Waals surface area (Å²) >= 11 is 0. The number of anilines is 2. The highest BCUT2D eigenvalue weighted by atomic mass is 19.4. The Labute approximate surface area is 232 Å². The van der Waals surface area contributed by atoms with E-state index in [9.17, 15) is 31.9 Å². The summed E-state index contributed by atoms with van der Waals surface area (Å²) in [5, 5.41) is 2.10. The van der Waals surface area contributed by atoms with Crippen molar-refractivity contribution < 1.29 is 41.4 Å². The van der Waals surface area contributed by atoms with Gasteiger partial charge in [-0.2, -0.15) is 13.2 Å². The zero-order valence-electron chi connectivity index (χ0n) is 21.8. The van der Waals surface area contributed by atoms with E-state index in [-0.39, 0.29) is 30.2 Å². The SMILES string of the molecule is COc1ccc(CN2C(=O)OC(CNC(=O)c3ccccc3F)(C(F)(F)F)c3cc(N4CCCC4=O)ccc32)cc1. The predicted molar refractivity (Wildman–Crippen MR) is 140 cm³/mol. The first-order valence-electron chi connectivity index (χ1n) is 12.7. The average molecular weight is 572 g/mol. The number of amides is 3. The Bertz CT molecular complexity index is 1490. The summed E-state index contributed by atoms with van der Waals surface area (Å²) in [7, 11) is 1.48.